The number of aryl methyl sites for hydroxylation is 1. The summed E-state index contributed by atoms with van der Waals surface area (Å²) in [6.45, 7) is 8.10. The molecule has 0 aliphatic carbocycles. The molecular weight excluding hydrogens is 324 g/mol. The van der Waals surface area contributed by atoms with Crippen LogP contribution in [-0.2, 0) is 4.79 Å². The van der Waals surface area contributed by atoms with Crippen molar-refractivity contribution in [1.82, 2.24) is 10.2 Å². The van der Waals surface area contributed by atoms with Gasteiger partial charge in [0.25, 0.3) is 5.22 Å². The van der Waals surface area contributed by atoms with Gasteiger partial charge < -0.3 is 15.5 Å². The maximum absolute atomic E-state index is 12.1. The Morgan fingerprint density at radius 3 is 2.83 bits per heavy atom. The second kappa shape index (κ2) is 8.30. The normalized spacial score (nSPS) is 13.5. The van der Waals surface area contributed by atoms with Crippen molar-refractivity contribution in [3.05, 3.63) is 35.2 Å². The van der Waals surface area contributed by atoms with Crippen LogP contribution < -0.4 is 11.1 Å². The van der Waals surface area contributed by atoms with E-state index in [1.54, 1.807) is 0 Å². The molecule has 0 fully saturated rings. The third kappa shape index (κ3) is 4.58. The minimum atomic E-state index is -0.277. The number of hydrogen-bond donors (Lipinski definition) is 2. The molecule has 0 unspecified atom stereocenters. The van der Waals surface area contributed by atoms with E-state index in [0.29, 0.717) is 11.1 Å². The fourth-order valence-electron chi connectivity index (χ4n) is 2.11. The number of benzene rings is 1. The van der Waals surface area contributed by atoms with Crippen LogP contribution in [0, 0.1) is 19.8 Å². The number of aromatic nitrogens is 2. The summed E-state index contributed by atoms with van der Waals surface area (Å²) in [7, 11) is 0. The standard InChI is InChI=1S/C17H24N4O2S/c1-5-10(2)15(18)16-20-21-17(23-16)24-9-14(22)19-13-8-6-7-11(3)12(13)4/h6-8,10,15H,5,9,18H2,1-4H3,(H,19,22)/t10-,15+/m0/s1. The van der Waals surface area contributed by atoms with Crippen molar-refractivity contribution in [3.8, 4) is 0 Å². The smallest absolute Gasteiger partial charge is 0.277 e. The van der Waals surface area contributed by atoms with Crippen LogP contribution in [0.4, 0.5) is 5.69 Å². The first-order valence-electron chi connectivity index (χ1n) is 8.00. The van der Waals surface area contributed by atoms with Gasteiger partial charge in [0.05, 0.1) is 11.8 Å². The minimum absolute atomic E-state index is 0.111. The molecule has 24 heavy (non-hydrogen) atoms. The monoisotopic (exact) mass is 348 g/mol. The zero-order valence-corrected chi connectivity index (χ0v) is 15.3. The fourth-order valence-corrected chi connectivity index (χ4v) is 2.68. The summed E-state index contributed by atoms with van der Waals surface area (Å²) in [5, 5.41) is 11.2. The van der Waals surface area contributed by atoms with Gasteiger partial charge in [-0.1, -0.05) is 44.2 Å². The highest BCUT2D eigenvalue weighted by Gasteiger charge is 2.20. The van der Waals surface area contributed by atoms with E-state index in [1.807, 2.05) is 39.0 Å². The summed E-state index contributed by atoms with van der Waals surface area (Å²) < 4.78 is 5.55. The highest BCUT2D eigenvalue weighted by Crippen LogP contribution is 2.24. The summed E-state index contributed by atoms with van der Waals surface area (Å²) in [5.41, 5.74) is 9.10. The molecule has 1 aromatic carbocycles. The third-order valence-electron chi connectivity index (χ3n) is 4.17. The van der Waals surface area contributed by atoms with Crippen LogP contribution >= 0.6 is 11.8 Å². The average molecular weight is 348 g/mol. The van der Waals surface area contributed by atoms with Crippen molar-refractivity contribution in [2.24, 2.45) is 11.7 Å². The quantitative estimate of drug-likeness (QED) is 0.744. The first-order chi connectivity index (χ1) is 11.4. The molecule has 0 spiro atoms. The van der Waals surface area contributed by atoms with Gasteiger partial charge in [-0.05, 0) is 37.0 Å². The van der Waals surface area contributed by atoms with Gasteiger partial charge in [0.1, 0.15) is 0 Å². The molecule has 2 aromatic rings. The number of nitrogens with two attached hydrogens (primary N) is 1. The van der Waals surface area contributed by atoms with Crippen molar-refractivity contribution < 1.29 is 9.21 Å². The van der Waals surface area contributed by atoms with Crippen molar-refractivity contribution in [1.29, 1.82) is 0 Å². The van der Waals surface area contributed by atoms with E-state index in [1.165, 1.54) is 11.8 Å². The predicted octanol–water partition coefficient (Wildman–Crippen LogP) is 3.46. The van der Waals surface area contributed by atoms with E-state index in [-0.39, 0.29) is 23.6 Å². The van der Waals surface area contributed by atoms with Gasteiger partial charge in [0.2, 0.25) is 11.8 Å². The molecule has 0 saturated heterocycles. The molecule has 2 atom stereocenters. The Labute approximate surface area is 146 Å². The lowest BCUT2D eigenvalue weighted by Crippen LogP contribution is -2.18. The van der Waals surface area contributed by atoms with Crippen molar-refractivity contribution in [2.45, 2.75) is 45.4 Å². The van der Waals surface area contributed by atoms with Crippen molar-refractivity contribution >= 4 is 23.4 Å². The van der Waals surface area contributed by atoms with E-state index in [9.17, 15) is 4.79 Å². The maximum Gasteiger partial charge on any atom is 0.277 e. The lowest BCUT2D eigenvalue weighted by atomic mass is 10.0. The number of nitrogens with zero attached hydrogens (tertiary/aromatic N) is 2. The average Bonchev–Trinajstić information content (AvgIpc) is 3.04. The van der Waals surface area contributed by atoms with Gasteiger partial charge in [-0.15, -0.1) is 10.2 Å². The first kappa shape index (κ1) is 18.5. The maximum atomic E-state index is 12.1. The van der Waals surface area contributed by atoms with E-state index in [2.05, 4.69) is 22.4 Å². The van der Waals surface area contributed by atoms with E-state index in [4.69, 9.17) is 10.2 Å². The number of thioether (sulfide) groups is 1. The molecule has 1 aromatic heterocycles. The van der Waals surface area contributed by atoms with Crippen LogP contribution in [0.5, 0.6) is 0 Å². The summed E-state index contributed by atoms with van der Waals surface area (Å²) in [4.78, 5) is 12.1. The summed E-state index contributed by atoms with van der Waals surface area (Å²) in [6.07, 6.45) is 0.935. The second-order valence-corrected chi connectivity index (χ2v) is 6.83. The molecule has 130 valence electrons. The van der Waals surface area contributed by atoms with E-state index < -0.39 is 0 Å². The highest BCUT2D eigenvalue weighted by atomic mass is 32.2. The molecule has 0 saturated carbocycles. The topological polar surface area (TPSA) is 94.0 Å². The molecule has 0 aliphatic heterocycles. The molecule has 2 rings (SSSR count). The number of carbonyl (C=O) groups excluding carboxylic acids is 1. The van der Waals surface area contributed by atoms with Gasteiger partial charge in [-0.2, -0.15) is 0 Å². The minimum Gasteiger partial charge on any atom is -0.414 e. The van der Waals surface area contributed by atoms with E-state index >= 15 is 0 Å². The summed E-state index contributed by atoms with van der Waals surface area (Å²) in [6, 6.07) is 5.55. The number of carbonyl (C=O) groups is 1. The third-order valence-corrected chi connectivity index (χ3v) is 4.99. The van der Waals surface area contributed by atoms with Crippen LogP contribution in [0.3, 0.4) is 0 Å². The Balaban J connectivity index is 1.90. The van der Waals surface area contributed by atoms with Crippen molar-refractivity contribution in [3.63, 3.8) is 0 Å². The van der Waals surface area contributed by atoms with E-state index in [0.717, 1.165) is 23.2 Å². The predicted molar refractivity (Wildman–Crippen MR) is 96.0 cm³/mol. The van der Waals surface area contributed by atoms with Crippen LogP contribution in [0.1, 0.15) is 43.3 Å². The zero-order chi connectivity index (χ0) is 17.7. The number of anilines is 1. The Hall–Kier alpha value is -1.86. The Kier molecular flexibility index (Phi) is 6.39. The van der Waals surface area contributed by atoms with Gasteiger partial charge in [0, 0.05) is 5.69 Å². The molecule has 6 nitrogen and oxygen atoms in total. The number of amides is 1. The van der Waals surface area contributed by atoms with Gasteiger partial charge >= 0.3 is 0 Å². The first-order valence-corrected chi connectivity index (χ1v) is 8.98. The summed E-state index contributed by atoms with van der Waals surface area (Å²) in [5.74, 6) is 0.769. The number of nitrogens with one attached hydrogen (secondary N) is 1. The zero-order valence-electron chi connectivity index (χ0n) is 14.5. The van der Waals surface area contributed by atoms with Crippen molar-refractivity contribution in [2.75, 3.05) is 11.1 Å². The molecule has 0 aliphatic rings. The van der Waals surface area contributed by atoms with Crippen LogP contribution in [-0.4, -0.2) is 21.9 Å². The second-order valence-electron chi connectivity index (χ2n) is 5.90. The van der Waals surface area contributed by atoms with Crippen LogP contribution in [0.2, 0.25) is 0 Å². The molecular formula is C17H24N4O2S. The molecule has 0 bridgehead atoms. The number of rotatable bonds is 7. The van der Waals surface area contributed by atoms with Gasteiger partial charge in [-0.25, -0.2) is 0 Å². The van der Waals surface area contributed by atoms with Gasteiger partial charge in [0.15, 0.2) is 0 Å². The van der Waals surface area contributed by atoms with Gasteiger partial charge in [-0.3, -0.25) is 4.79 Å². The molecule has 1 amide bonds. The Bertz CT molecular complexity index is 702. The molecule has 0 radical (unpaired) electrons. The Morgan fingerprint density at radius 2 is 2.12 bits per heavy atom. The fraction of sp³-hybridized carbons (Fsp3) is 0.471. The van der Waals surface area contributed by atoms with Crippen LogP contribution in [0.25, 0.3) is 0 Å². The molecule has 1 heterocycles. The number of hydrogen-bond acceptors (Lipinski definition) is 6. The largest absolute Gasteiger partial charge is 0.414 e. The van der Waals surface area contributed by atoms with Crippen LogP contribution in [0.15, 0.2) is 27.8 Å². The Morgan fingerprint density at radius 1 is 1.38 bits per heavy atom. The molecule has 3 N–H and O–H groups in total. The highest BCUT2D eigenvalue weighted by molar-refractivity contribution is 7.99. The lowest BCUT2D eigenvalue weighted by Gasteiger charge is -2.13. The summed E-state index contributed by atoms with van der Waals surface area (Å²) >= 11 is 1.21. The lowest BCUT2D eigenvalue weighted by molar-refractivity contribution is -0.113. The molecule has 7 heteroatoms. The SMILES string of the molecule is CC[C@H](C)[C@@H](N)c1nnc(SCC(=O)Nc2cccc(C)c2C)o1.